The molecule has 0 radical (unpaired) electrons. The largest absolute Gasteiger partial charge is 0.442 e. The zero-order valence-electron chi connectivity index (χ0n) is 26.9. The lowest BCUT2D eigenvalue weighted by molar-refractivity contribution is -0.0319. The summed E-state index contributed by atoms with van der Waals surface area (Å²) < 4.78 is 8.24. The molecular weight excluding hydrogens is 583 g/mol. The molecular formula is C37H45N3O2S2. The molecule has 0 fully saturated rings. The first kappa shape index (κ1) is 31.2. The Labute approximate surface area is 270 Å². The van der Waals surface area contributed by atoms with E-state index < -0.39 is 5.60 Å². The third-order valence-electron chi connectivity index (χ3n) is 9.36. The van der Waals surface area contributed by atoms with Crippen LogP contribution in [0.25, 0.3) is 0 Å². The lowest BCUT2D eigenvalue weighted by Crippen LogP contribution is -2.46. The maximum atomic E-state index is 14.4. The molecule has 0 bridgehead atoms. The molecule has 3 aromatic rings. The third-order valence-corrected chi connectivity index (χ3v) is 11.8. The topological polar surface area (TPSA) is 56.0 Å². The fraction of sp³-hybridized carbons (Fsp3) is 0.486. The van der Waals surface area contributed by atoms with E-state index in [1.165, 1.54) is 55.2 Å². The summed E-state index contributed by atoms with van der Waals surface area (Å²) in [7, 11) is 0. The summed E-state index contributed by atoms with van der Waals surface area (Å²) in [5.74, 6) is 0.188. The van der Waals surface area contributed by atoms with Gasteiger partial charge in [-0.05, 0) is 86.8 Å². The maximum Gasteiger partial charge on any atom is 0.422 e. The normalized spacial score (nSPS) is 18.4. The van der Waals surface area contributed by atoms with E-state index in [2.05, 4.69) is 77.1 Å². The summed E-state index contributed by atoms with van der Waals surface area (Å²) >= 11 is 3.41. The number of hydrogen-bond donors (Lipinski definition) is 0. The van der Waals surface area contributed by atoms with Crippen molar-refractivity contribution in [3.05, 3.63) is 70.1 Å². The number of carbonyl (C=O) groups is 1. The van der Waals surface area contributed by atoms with Crippen molar-refractivity contribution in [2.24, 2.45) is 15.9 Å². The summed E-state index contributed by atoms with van der Waals surface area (Å²) in [5, 5.41) is 0. The van der Waals surface area contributed by atoms with Gasteiger partial charge in [0.05, 0.1) is 21.2 Å². The van der Waals surface area contributed by atoms with Crippen molar-refractivity contribution in [2.75, 3.05) is 0 Å². The first-order valence-corrected chi connectivity index (χ1v) is 18.2. The van der Waals surface area contributed by atoms with Crippen molar-refractivity contribution < 1.29 is 9.53 Å². The van der Waals surface area contributed by atoms with Crippen LogP contribution in [0.5, 0.6) is 0 Å². The molecule has 1 atom stereocenters. The molecule has 5 nitrogen and oxygen atoms in total. The highest BCUT2D eigenvalue weighted by Gasteiger charge is 2.40. The first-order valence-electron chi connectivity index (χ1n) is 16.5. The predicted octanol–water partition coefficient (Wildman–Crippen LogP) is 10.3. The molecule has 2 aromatic carbocycles. The van der Waals surface area contributed by atoms with Crippen molar-refractivity contribution in [1.29, 1.82) is 0 Å². The summed E-state index contributed by atoms with van der Waals surface area (Å²) in [4.78, 5) is 29.0. The Morgan fingerprint density at radius 1 is 0.886 bits per heavy atom. The summed E-state index contributed by atoms with van der Waals surface area (Å²) in [6.07, 6.45) is 13.6. The van der Waals surface area contributed by atoms with E-state index in [9.17, 15) is 4.79 Å². The minimum Gasteiger partial charge on any atom is -0.442 e. The van der Waals surface area contributed by atoms with E-state index in [4.69, 9.17) is 14.7 Å². The second-order valence-corrected chi connectivity index (χ2v) is 15.0. The van der Waals surface area contributed by atoms with Gasteiger partial charge in [0.1, 0.15) is 5.60 Å². The van der Waals surface area contributed by atoms with Crippen LogP contribution >= 0.6 is 23.5 Å². The number of ether oxygens (including phenoxy) is 1. The predicted molar refractivity (Wildman–Crippen MR) is 181 cm³/mol. The molecule has 44 heavy (non-hydrogen) atoms. The Kier molecular flexibility index (Phi) is 9.44. The molecule has 2 aliphatic heterocycles. The zero-order valence-corrected chi connectivity index (χ0v) is 28.5. The van der Waals surface area contributed by atoms with E-state index in [0.29, 0.717) is 11.0 Å². The van der Waals surface area contributed by atoms with Crippen molar-refractivity contribution in [3.63, 3.8) is 0 Å². The Hall–Kier alpha value is -2.77. The molecule has 0 spiro atoms. The summed E-state index contributed by atoms with van der Waals surface area (Å²) in [6, 6.07) is 13.3. The highest BCUT2D eigenvalue weighted by atomic mass is 32.2. The quantitative estimate of drug-likeness (QED) is 0.114. The van der Waals surface area contributed by atoms with Gasteiger partial charge in [-0.1, -0.05) is 101 Å². The first-order chi connectivity index (χ1) is 21.3. The van der Waals surface area contributed by atoms with E-state index in [0.717, 1.165) is 63.1 Å². The molecule has 232 valence electrons. The van der Waals surface area contributed by atoms with E-state index in [1.807, 2.05) is 0 Å². The SMILES string of the molecule is CCCCCc1ccc2c(c1)N=c1c(c3c(n1C(=O)OC1(C(C)C)CC=C(C)CC1)=Nc1cc(CCCCC)ccc1S3)S2. The summed E-state index contributed by atoms with van der Waals surface area (Å²) in [5.41, 5.74) is 6.56. The second kappa shape index (κ2) is 13.3. The van der Waals surface area contributed by atoms with Crippen molar-refractivity contribution in [2.45, 2.75) is 130 Å². The number of aryl methyl sites for hydroxylation is 2. The molecule has 0 amide bonds. The van der Waals surface area contributed by atoms with Crippen LogP contribution in [0, 0.1) is 5.92 Å². The Bertz CT molecular complexity index is 1620. The average molecular weight is 628 g/mol. The highest BCUT2D eigenvalue weighted by Crippen LogP contribution is 2.46. The van der Waals surface area contributed by atoms with E-state index in [1.54, 1.807) is 28.1 Å². The molecule has 7 heteroatoms. The molecule has 3 aliphatic rings. The van der Waals surface area contributed by atoms with Crippen LogP contribution in [0.2, 0.25) is 0 Å². The number of carbonyl (C=O) groups excluding carboxylic acids is 1. The minimum absolute atomic E-state index is 0.188. The minimum atomic E-state index is -0.543. The lowest BCUT2D eigenvalue weighted by atomic mass is 9.78. The van der Waals surface area contributed by atoms with E-state index in [-0.39, 0.29) is 12.0 Å². The Balaban J connectivity index is 1.46. The molecule has 0 saturated heterocycles. The second-order valence-electron chi connectivity index (χ2n) is 12.9. The third kappa shape index (κ3) is 6.19. The number of nitrogens with zero attached hydrogens (tertiary/aromatic N) is 3. The number of fused-ring (bicyclic) bond motifs is 5. The number of aromatic nitrogens is 1. The van der Waals surface area contributed by atoms with Crippen LogP contribution in [0.15, 0.2) is 77.6 Å². The molecule has 0 N–H and O–H groups in total. The van der Waals surface area contributed by atoms with Gasteiger partial charge in [0, 0.05) is 16.2 Å². The smallest absolute Gasteiger partial charge is 0.422 e. The van der Waals surface area contributed by atoms with E-state index >= 15 is 0 Å². The van der Waals surface area contributed by atoms with Crippen molar-refractivity contribution >= 4 is 41.0 Å². The zero-order chi connectivity index (χ0) is 30.8. The maximum absolute atomic E-state index is 14.4. The lowest BCUT2D eigenvalue weighted by Gasteiger charge is -2.39. The van der Waals surface area contributed by atoms with Gasteiger partial charge in [-0.25, -0.2) is 19.3 Å². The highest BCUT2D eigenvalue weighted by molar-refractivity contribution is 8.02. The monoisotopic (exact) mass is 627 g/mol. The molecule has 3 heterocycles. The molecule has 1 aliphatic carbocycles. The molecule has 0 saturated carbocycles. The van der Waals surface area contributed by atoms with Crippen LogP contribution in [0.3, 0.4) is 0 Å². The van der Waals surface area contributed by atoms with Gasteiger partial charge in [-0.2, -0.15) is 0 Å². The molecule has 6 rings (SSSR count). The van der Waals surface area contributed by atoms with Crippen molar-refractivity contribution in [1.82, 2.24) is 4.57 Å². The van der Waals surface area contributed by atoms with Crippen LogP contribution in [0.1, 0.15) is 104 Å². The van der Waals surface area contributed by atoms with Gasteiger partial charge in [0.25, 0.3) is 0 Å². The standard InChI is InChI=1S/C37H45N3O2S2/c1-6-8-10-12-26-14-16-30-28(22-26)38-34-32(43-30)33-35(39-29-23-27(13-11-9-7-2)15-17-31(29)44-33)40(34)36(41)42-37(24(3)4)20-18-25(5)19-21-37/h14-18,22-24H,6-13,19-21H2,1-5H3. The molecule has 1 aromatic heterocycles. The van der Waals surface area contributed by atoms with Gasteiger partial charge in [0.2, 0.25) is 0 Å². The van der Waals surface area contributed by atoms with Gasteiger partial charge < -0.3 is 4.74 Å². The van der Waals surface area contributed by atoms with Crippen LogP contribution in [-0.2, 0) is 17.6 Å². The summed E-state index contributed by atoms with van der Waals surface area (Å²) in [6.45, 7) is 11.0. The van der Waals surface area contributed by atoms with Crippen molar-refractivity contribution in [3.8, 4) is 0 Å². The number of hydrogen-bond acceptors (Lipinski definition) is 6. The Morgan fingerprint density at radius 2 is 1.43 bits per heavy atom. The number of unbranched alkanes of at least 4 members (excludes halogenated alkanes) is 4. The number of rotatable bonds is 10. The number of benzene rings is 2. The fourth-order valence-electron chi connectivity index (χ4n) is 6.37. The molecule has 1 unspecified atom stereocenters. The van der Waals surface area contributed by atoms with Gasteiger partial charge >= 0.3 is 6.09 Å². The fourth-order valence-corrected chi connectivity index (χ4v) is 8.57. The number of allylic oxidation sites excluding steroid dienone is 1. The Morgan fingerprint density at radius 3 is 1.89 bits per heavy atom. The van der Waals surface area contributed by atoms with Gasteiger partial charge in [-0.15, -0.1) is 0 Å². The van der Waals surface area contributed by atoms with Crippen LogP contribution < -0.4 is 11.0 Å². The van der Waals surface area contributed by atoms with Crippen LogP contribution in [-0.4, -0.2) is 16.3 Å². The average Bonchev–Trinajstić information content (AvgIpc) is 3.32. The van der Waals surface area contributed by atoms with Gasteiger partial charge in [0.15, 0.2) is 11.0 Å². The van der Waals surface area contributed by atoms with Gasteiger partial charge in [-0.3, -0.25) is 0 Å². The van der Waals surface area contributed by atoms with Crippen LogP contribution in [0.4, 0.5) is 16.2 Å².